The largest absolute Gasteiger partial charge is 0.381 e. The van der Waals surface area contributed by atoms with Crippen LogP contribution in [0.4, 0.5) is 11.6 Å². The summed E-state index contributed by atoms with van der Waals surface area (Å²) in [5, 5.41) is 6.89. The molecule has 0 unspecified atom stereocenters. The normalized spacial score (nSPS) is 17.8. The molecule has 0 aromatic carbocycles. The van der Waals surface area contributed by atoms with E-state index in [-0.39, 0.29) is 5.41 Å². The zero-order valence-corrected chi connectivity index (χ0v) is 13.7. The molecule has 118 valence electrons. The Bertz CT molecular complexity index is 456. The highest BCUT2D eigenvalue weighted by Crippen LogP contribution is 2.32. The lowest BCUT2D eigenvalue weighted by atomic mass is 9.82. The van der Waals surface area contributed by atoms with Gasteiger partial charge in [-0.25, -0.2) is 9.97 Å². The van der Waals surface area contributed by atoms with Gasteiger partial charge in [-0.1, -0.05) is 20.8 Å². The van der Waals surface area contributed by atoms with Crippen LogP contribution in [0.25, 0.3) is 0 Å². The third-order valence-corrected chi connectivity index (χ3v) is 4.19. The van der Waals surface area contributed by atoms with Crippen LogP contribution in [-0.2, 0) is 4.74 Å². The van der Waals surface area contributed by atoms with Crippen LogP contribution >= 0.6 is 0 Å². The summed E-state index contributed by atoms with van der Waals surface area (Å²) in [6.45, 7) is 12.3. The number of nitrogens with one attached hydrogen (secondary N) is 2. The molecule has 0 spiro atoms. The van der Waals surface area contributed by atoms with Crippen molar-refractivity contribution in [2.24, 2.45) is 5.41 Å². The molecule has 2 N–H and O–H groups in total. The van der Waals surface area contributed by atoms with Gasteiger partial charge in [0.15, 0.2) is 0 Å². The molecule has 0 amide bonds. The lowest BCUT2D eigenvalue weighted by molar-refractivity contribution is 0.0299. The van der Waals surface area contributed by atoms with Gasteiger partial charge in [-0.05, 0) is 31.1 Å². The van der Waals surface area contributed by atoms with Crippen molar-refractivity contribution in [2.75, 3.05) is 36.9 Å². The molecule has 0 saturated carbocycles. The Morgan fingerprint density at radius 1 is 1.19 bits per heavy atom. The van der Waals surface area contributed by atoms with Crippen molar-refractivity contribution >= 4 is 11.6 Å². The molecule has 0 aliphatic carbocycles. The molecule has 1 saturated heterocycles. The fourth-order valence-corrected chi connectivity index (χ4v) is 2.73. The Balaban J connectivity index is 2.13. The van der Waals surface area contributed by atoms with Gasteiger partial charge >= 0.3 is 0 Å². The van der Waals surface area contributed by atoms with Crippen molar-refractivity contribution in [1.82, 2.24) is 9.97 Å². The maximum atomic E-state index is 5.47. The predicted molar refractivity (Wildman–Crippen MR) is 86.9 cm³/mol. The van der Waals surface area contributed by atoms with Gasteiger partial charge in [0.05, 0.1) is 0 Å². The highest BCUT2D eigenvalue weighted by atomic mass is 16.5. The standard InChI is InChI=1S/C16H28N4O/c1-5-17-14-13(12(2)3)15(20-11-19-14)18-10-16(4)6-8-21-9-7-16/h11-12H,5-10H2,1-4H3,(H2,17,18,19,20). The van der Waals surface area contributed by atoms with Crippen LogP contribution in [0.5, 0.6) is 0 Å². The van der Waals surface area contributed by atoms with E-state index in [1.54, 1.807) is 6.33 Å². The van der Waals surface area contributed by atoms with Crippen LogP contribution in [0.3, 0.4) is 0 Å². The summed E-state index contributed by atoms with van der Waals surface area (Å²) in [4.78, 5) is 8.85. The first-order valence-electron chi connectivity index (χ1n) is 7.96. The molecule has 1 aliphatic heterocycles. The number of hydrogen-bond donors (Lipinski definition) is 2. The van der Waals surface area contributed by atoms with Crippen LogP contribution in [-0.4, -0.2) is 36.3 Å². The zero-order chi connectivity index (χ0) is 15.3. The highest BCUT2D eigenvalue weighted by molar-refractivity contribution is 5.59. The first kappa shape index (κ1) is 16.0. The van der Waals surface area contributed by atoms with Gasteiger partial charge in [-0.3, -0.25) is 0 Å². The van der Waals surface area contributed by atoms with Crippen molar-refractivity contribution in [3.8, 4) is 0 Å². The van der Waals surface area contributed by atoms with Gasteiger partial charge in [0.25, 0.3) is 0 Å². The minimum absolute atomic E-state index is 0.287. The average Bonchev–Trinajstić information content (AvgIpc) is 2.46. The van der Waals surface area contributed by atoms with E-state index in [1.807, 2.05) is 0 Å². The van der Waals surface area contributed by atoms with Crippen LogP contribution in [0.2, 0.25) is 0 Å². The second kappa shape index (κ2) is 7.07. The first-order chi connectivity index (χ1) is 10.1. The maximum absolute atomic E-state index is 5.47. The summed E-state index contributed by atoms with van der Waals surface area (Å²) in [5.41, 5.74) is 1.46. The SMILES string of the molecule is CCNc1ncnc(NCC2(C)CCOCC2)c1C(C)C. The minimum Gasteiger partial charge on any atom is -0.381 e. The molecule has 5 nitrogen and oxygen atoms in total. The third kappa shape index (κ3) is 4.06. The number of aromatic nitrogens is 2. The molecular weight excluding hydrogens is 264 g/mol. The topological polar surface area (TPSA) is 59.1 Å². The summed E-state index contributed by atoms with van der Waals surface area (Å²) >= 11 is 0. The zero-order valence-electron chi connectivity index (χ0n) is 13.7. The van der Waals surface area contributed by atoms with Crippen LogP contribution < -0.4 is 10.6 Å². The third-order valence-electron chi connectivity index (χ3n) is 4.19. The van der Waals surface area contributed by atoms with E-state index in [0.29, 0.717) is 5.92 Å². The summed E-state index contributed by atoms with van der Waals surface area (Å²) in [6.07, 6.45) is 3.84. The lowest BCUT2D eigenvalue weighted by Crippen LogP contribution is -2.33. The average molecular weight is 292 g/mol. The monoisotopic (exact) mass is 292 g/mol. The van der Waals surface area contributed by atoms with Gasteiger partial charge in [0.2, 0.25) is 0 Å². The second-order valence-electron chi connectivity index (χ2n) is 6.45. The minimum atomic E-state index is 0.287. The van der Waals surface area contributed by atoms with Crippen molar-refractivity contribution in [3.63, 3.8) is 0 Å². The van der Waals surface area contributed by atoms with Crippen molar-refractivity contribution < 1.29 is 4.74 Å². The molecule has 1 aliphatic rings. The Morgan fingerprint density at radius 3 is 2.38 bits per heavy atom. The second-order valence-corrected chi connectivity index (χ2v) is 6.45. The van der Waals surface area contributed by atoms with Gasteiger partial charge in [0, 0.05) is 31.9 Å². The molecule has 21 heavy (non-hydrogen) atoms. The number of anilines is 2. The van der Waals surface area contributed by atoms with E-state index in [1.165, 1.54) is 5.56 Å². The molecule has 0 radical (unpaired) electrons. The smallest absolute Gasteiger partial charge is 0.135 e. The van der Waals surface area contributed by atoms with E-state index in [9.17, 15) is 0 Å². The Kier molecular flexibility index (Phi) is 5.39. The van der Waals surface area contributed by atoms with Crippen LogP contribution in [0, 0.1) is 5.41 Å². The molecule has 0 atom stereocenters. The number of hydrogen-bond acceptors (Lipinski definition) is 5. The molecule has 0 bridgehead atoms. The molecule has 1 aromatic rings. The first-order valence-corrected chi connectivity index (χ1v) is 7.96. The fourth-order valence-electron chi connectivity index (χ4n) is 2.73. The Morgan fingerprint density at radius 2 is 1.81 bits per heavy atom. The summed E-state index contributed by atoms with van der Waals surface area (Å²) in [6, 6.07) is 0. The Hall–Kier alpha value is -1.36. The van der Waals surface area contributed by atoms with Crippen molar-refractivity contribution in [1.29, 1.82) is 0 Å². The quantitative estimate of drug-likeness (QED) is 0.843. The number of nitrogens with zero attached hydrogens (tertiary/aromatic N) is 2. The molecule has 2 heterocycles. The van der Waals surface area contributed by atoms with E-state index in [4.69, 9.17) is 4.74 Å². The van der Waals surface area contributed by atoms with Gasteiger partial charge in [-0.15, -0.1) is 0 Å². The number of rotatable bonds is 6. The van der Waals surface area contributed by atoms with E-state index in [0.717, 1.165) is 50.8 Å². The van der Waals surface area contributed by atoms with Crippen LogP contribution in [0.1, 0.15) is 52.0 Å². The van der Waals surface area contributed by atoms with E-state index >= 15 is 0 Å². The predicted octanol–water partition coefficient (Wildman–Crippen LogP) is 3.26. The van der Waals surface area contributed by atoms with Crippen molar-refractivity contribution in [2.45, 2.75) is 46.5 Å². The Labute approximate surface area is 127 Å². The fraction of sp³-hybridized carbons (Fsp3) is 0.750. The maximum Gasteiger partial charge on any atom is 0.135 e. The van der Waals surface area contributed by atoms with Gasteiger partial charge < -0.3 is 15.4 Å². The summed E-state index contributed by atoms with van der Waals surface area (Å²) in [7, 11) is 0. The van der Waals surface area contributed by atoms with Crippen LogP contribution in [0.15, 0.2) is 6.33 Å². The molecule has 1 fully saturated rings. The van der Waals surface area contributed by atoms with Crippen molar-refractivity contribution in [3.05, 3.63) is 11.9 Å². The highest BCUT2D eigenvalue weighted by Gasteiger charge is 2.27. The van der Waals surface area contributed by atoms with E-state index < -0.39 is 0 Å². The molecule has 5 heteroatoms. The molecular formula is C16H28N4O. The lowest BCUT2D eigenvalue weighted by Gasteiger charge is -2.34. The van der Waals surface area contributed by atoms with E-state index in [2.05, 4.69) is 48.3 Å². The summed E-state index contributed by atoms with van der Waals surface area (Å²) in [5.74, 6) is 2.29. The number of ether oxygens (including phenoxy) is 1. The van der Waals surface area contributed by atoms with Gasteiger partial charge in [-0.2, -0.15) is 0 Å². The van der Waals surface area contributed by atoms with Gasteiger partial charge in [0.1, 0.15) is 18.0 Å². The summed E-state index contributed by atoms with van der Waals surface area (Å²) < 4.78 is 5.47. The molecule has 1 aromatic heterocycles. The molecule has 2 rings (SSSR count).